The summed E-state index contributed by atoms with van der Waals surface area (Å²) in [5.74, 6) is 1.29. The van der Waals surface area contributed by atoms with Gasteiger partial charge >= 0.3 is 0 Å². The van der Waals surface area contributed by atoms with Crippen LogP contribution in [0, 0.1) is 18.8 Å². The number of nitrogens with zero attached hydrogens (tertiary/aromatic N) is 4. The zero-order chi connectivity index (χ0) is 39.9. The van der Waals surface area contributed by atoms with Gasteiger partial charge in [-0.2, -0.15) is 12.1 Å². The maximum atomic E-state index is 9.25. The van der Waals surface area contributed by atoms with E-state index in [2.05, 4.69) is 118 Å². The van der Waals surface area contributed by atoms with Gasteiger partial charge in [-0.1, -0.05) is 104 Å². The standard InChI is InChI=1S/C48H47N4O.Pt/c1-46(2,3)32-23-24-49-45(28-32)52-41-18-11-10-17-39(41)40-22-21-38(30-44(40)52)53-37-16-14-15-35(29-37)50-31-51(43-20-13-12-19-42(43)50)36-26-33(47(4,5)6)25-34(27-36)48(7,8)9;/h10-28,31H,1-9H3;/q-3;/i23D,24D,28D;. The summed E-state index contributed by atoms with van der Waals surface area (Å²) in [7, 11) is 0. The normalized spacial score (nSPS) is 14.1. The van der Waals surface area contributed by atoms with Crippen LogP contribution in [0.25, 0.3) is 27.6 Å². The Morgan fingerprint density at radius 2 is 1.28 bits per heavy atom. The van der Waals surface area contributed by atoms with Crippen molar-refractivity contribution in [3.8, 4) is 17.3 Å². The van der Waals surface area contributed by atoms with Gasteiger partial charge in [-0.25, -0.2) is 4.98 Å². The van der Waals surface area contributed by atoms with Gasteiger partial charge in [-0.15, -0.1) is 48.1 Å². The molecular formula is C48H47N4OPt-3. The molecule has 5 nitrogen and oxygen atoms in total. The van der Waals surface area contributed by atoms with Gasteiger partial charge in [0.2, 0.25) is 0 Å². The number of hydrogen-bond donors (Lipinski definition) is 0. The van der Waals surface area contributed by atoms with Crippen molar-refractivity contribution in [3.63, 3.8) is 0 Å². The van der Waals surface area contributed by atoms with E-state index in [1.807, 2.05) is 79.9 Å². The van der Waals surface area contributed by atoms with Crippen molar-refractivity contribution in [2.24, 2.45) is 0 Å². The minimum atomic E-state index is -0.532. The fourth-order valence-electron chi connectivity index (χ4n) is 6.82. The molecule has 0 amide bonds. The zero-order valence-corrected chi connectivity index (χ0v) is 34.6. The van der Waals surface area contributed by atoms with Crippen LogP contribution >= 0.6 is 0 Å². The molecule has 2 aromatic heterocycles. The first-order valence-corrected chi connectivity index (χ1v) is 18.2. The van der Waals surface area contributed by atoms with E-state index in [0.29, 0.717) is 28.4 Å². The van der Waals surface area contributed by atoms with Crippen LogP contribution in [0.2, 0.25) is 0 Å². The molecule has 8 rings (SSSR count). The first-order valence-electron chi connectivity index (χ1n) is 19.7. The quantitative estimate of drug-likeness (QED) is 0.161. The predicted molar refractivity (Wildman–Crippen MR) is 220 cm³/mol. The Labute approximate surface area is 339 Å². The Morgan fingerprint density at radius 3 is 1.96 bits per heavy atom. The predicted octanol–water partition coefficient (Wildman–Crippen LogP) is 12.9. The van der Waals surface area contributed by atoms with Crippen molar-refractivity contribution < 1.29 is 29.9 Å². The van der Waals surface area contributed by atoms with E-state index < -0.39 is 5.41 Å². The fourth-order valence-corrected chi connectivity index (χ4v) is 6.82. The molecule has 3 heterocycles. The molecule has 54 heavy (non-hydrogen) atoms. The summed E-state index contributed by atoms with van der Waals surface area (Å²) < 4.78 is 34.9. The van der Waals surface area contributed by atoms with E-state index in [-0.39, 0.29) is 50.2 Å². The van der Waals surface area contributed by atoms with E-state index >= 15 is 0 Å². The number of fused-ring (bicyclic) bond motifs is 4. The smallest absolute Gasteiger partial charge is 0.135 e. The second kappa shape index (κ2) is 13.8. The number of hydrogen-bond acceptors (Lipinski definition) is 4. The van der Waals surface area contributed by atoms with Gasteiger partial charge in [-0.05, 0) is 80.7 Å². The molecule has 0 radical (unpaired) electrons. The molecule has 0 N–H and O–H groups in total. The molecule has 0 spiro atoms. The van der Waals surface area contributed by atoms with Crippen molar-refractivity contribution in [1.29, 1.82) is 0 Å². The SMILES string of the molecule is [2H]c1nc(-n2c3[c-]c(Oc4[c-]c(N5[CH-]N(c6cc(C(C)(C)C)cc(C(C)(C)C)c6)c6ccccc65)ccc4)ccc3c3ccccc32)c([2H])c(C(C)(C)C)c1[2H].[Pt]. The van der Waals surface area contributed by atoms with Crippen LogP contribution in [0.15, 0.2) is 115 Å². The molecule has 0 saturated heterocycles. The summed E-state index contributed by atoms with van der Waals surface area (Å²) in [6.45, 7) is 21.6. The first-order chi connectivity index (χ1) is 26.4. The minimum Gasteiger partial charge on any atom is -0.509 e. The summed E-state index contributed by atoms with van der Waals surface area (Å²) >= 11 is 0. The van der Waals surface area contributed by atoms with Gasteiger partial charge in [0.15, 0.2) is 0 Å². The maximum Gasteiger partial charge on any atom is 0.135 e. The van der Waals surface area contributed by atoms with Crippen LogP contribution in [0.5, 0.6) is 11.5 Å². The monoisotopic (exact) mass is 893 g/mol. The molecule has 0 unspecified atom stereocenters. The van der Waals surface area contributed by atoms with Crippen LogP contribution in [-0.2, 0) is 37.3 Å². The van der Waals surface area contributed by atoms with E-state index in [1.54, 1.807) is 0 Å². The summed E-state index contributed by atoms with van der Waals surface area (Å²) in [5, 5.41) is 1.88. The molecular weight excluding hydrogens is 844 g/mol. The van der Waals surface area contributed by atoms with Crippen LogP contribution in [0.4, 0.5) is 22.7 Å². The van der Waals surface area contributed by atoms with E-state index in [9.17, 15) is 1.37 Å². The van der Waals surface area contributed by atoms with Crippen molar-refractivity contribution >= 4 is 44.6 Å². The van der Waals surface area contributed by atoms with Gasteiger partial charge in [0.1, 0.15) is 5.82 Å². The number of para-hydroxylation sites is 3. The summed E-state index contributed by atoms with van der Waals surface area (Å²) in [4.78, 5) is 8.92. The Morgan fingerprint density at radius 1 is 0.648 bits per heavy atom. The van der Waals surface area contributed by atoms with E-state index in [0.717, 1.165) is 39.0 Å². The second-order valence-corrected chi connectivity index (χ2v) is 17.0. The van der Waals surface area contributed by atoms with E-state index in [1.165, 1.54) is 11.1 Å². The summed E-state index contributed by atoms with van der Waals surface area (Å²) in [5.41, 5.74) is 8.04. The molecule has 1 aliphatic rings. The average Bonchev–Trinajstić information content (AvgIpc) is 3.68. The molecule has 7 aromatic rings. The zero-order valence-electron chi connectivity index (χ0n) is 35.3. The van der Waals surface area contributed by atoms with Gasteiger partial charge in [-0.3, -0.25) is 0 Å². The molecule has 278 valence electrons. The molecule has 6 heteroatoms. The van der Waals surface area contributed by atoms with Gasteiger partial charge < -0.3 is 19.1 Å². The Hall–Kier alpha value is -4.86. The molecule has 1 aliphatic heterocycles. The number of pyridine rings is 1. The second-order valence-electron chi connectivity index (χ2n) is 17.0. The fraction of sp³-hybridized carbons (Fsp3) is 0.250. The van der Waals surface area contributed by atoms with Crippen LogP contribution in [0.1, 0.15) is 83.1 Å². The number of rotatable bonds is 5. The van der Waals surface area contributed by atoms with Crippen molar-refractivity contribution in [2.75, 3.05) is 9.80 Å². The van der Waals surface area contributed by atoms with Crippen molar-refractivity contribution in [2.45, 2.75) is 78.6 Å². The minimum absolute atomic E-state index is 0. The maximum absolute atomic E-state index is 9.25. The molecule has 0 aliphatic carbocycles. The topological polar surface area (TPSA) is 33.5 Å². The van der Waals surface area contributed by atoms with Crippen molar-refractivity contribution in [3.05, 3.63) is 151 Å². The van der Waals surface area contributed by atoms with Gasteiger partial charge in [0.05, 0.1) is 4.11 Å². The summed E-state index contributed by atoms with van der Waals surface area (Å²) in [6, 6.07) is 40.2. The molecule has 0 atom stereocenters. The van der Waals surface area contributed by atoms with Gasteiger partial charge in [0.25, 0.3) is 0 Å². The van der Waals surface area contributed by atoms with Crippen LogP contribution in [0.3, 0.4) is 0 Å². The number of aromatic nitrogens is 2. The Kier molecular flexibility index (Phi) is 8.59. The molecule has 5 aromatic carbocycles. The molecule has 0 fully saturated rings. The Balaban J connectivity index is 0.00000496. The average molecular weight is 894 g/mol. The van der Waals surface area contributed by atoms with E-state index in [4.69, 9.17) is 7.48 Å². The third-order valence-electron chi connectivity index (χ3n) is 9.89. The largest absolute Gasteiger partial charge is 0.509 e. The van der Waals surface area contributed by atoms with Gasteiger partial charge in [0, 0.05) is 61.3 Å². The third kappa shape index (κ3) is 6.95. The first kappa shape index (κ1) is 33.7. The number of ether oxygens (including phenoxy) is 1. The molecule has 0 bridgehead atoms. The van der Waals surface area contributed by atoms with Crippen LogP contribution in [-0.4, -0.2) is 9.55 Å². The third-order valence-corrected chi connectivity index (χ3v) is 9.89. The number of anilines is 4. The van der Waals surface area contributed by atoms with Crippen molar-refractivity contribution in [1.82, 2.24) is 9.55 Å². The number of benzene rings is 5. The Bertz CT molecular complexity index is 2630. The van der Waals surface area contributed by atoms with Crippen LogP contribution < -0.4 is 14.5 Å². The summed E-state index contributed by atoms with van der Waals surface area (Å²) in [6.07, 6.45) is -0.166. The molecule has 0 saturated carbocycles.